The van der Waals surface area contributed by atoms with Gasteiger partial charge in [0, 0.05) is 26.7 Å². The van der Waals surface area contributed by atoms with Crippen LogP contribution in [0.1, 0.15) is 10.4 Å². The molecule has 146 valence electrons. The molecule has 0 fully saturated rings. The number of hydrogen-bond acceptors (Lipinski definition) is 5. The molecule has 0 spiro atoms. The summed E-state index contributed by atoms with van der Waals surface area (Å²) in [5.41, 5.74) is 0.262. The van der Waals surface area contributed by atoms with Crippen molar-refractivity contribution in [2.24, 2.45) is 0 Å². The number of methoxy groups -OCH3 is 1. The molecule has 2 rings (SSSR count). The Kier molecular flexibility index (Phi) is 6.81. The molecule has 0 bridgehead atoms. The van der Waals surface area contributed by atoms with Gasteiger partial charge >= 0.3 is 0 Å². The lowest BCUT2D eigenvalue weighted by molar-refractivity contribution is 0.0773. The third-order valence-electron chi connectivity index (χ3n) is 3.95. The van der Waals surface area contributed by atoms with Crippen molar-refractivity contribution in [1.82, 2.24) is 9.21 Å². The zero-order chi connectivity index (χ0) is 20.0. The Morgan fingerprint density at radius 1 is 1.04 bits per heavy atom. The minimum Gasteiger partial charge on any atom is -0.495 e. The van der Waals surface area contributed by atoms with Crippen molar-refractivity contribution in [3.63, 3.8) is 0 Å². The van der Waals surface area contributed by atoms with Gasteiger partial charge in [-0.25, -0.2) is 12.7 Å². The van der Waals surface area contributed by atoms with Crippen LogP contribution in [-0.4, -0.2) is 64.9 Å². The summed E-state index contributed by atoms with van der Waals surface area (Å²) in [6.45, 7) is 0.681. The molecular formula is C19H24N2O5S. The number of benzene rings is 2. The van der Waals surface area contributed by atoms with E-state index in [4.69, 9.17) is 9.47 Å². The Labute approximate surface area is 160 Å². The zero-order valence-electron chi connectivity index (χ0n) is 15.9. The second kappa shape index (κ2) is 8.88. The molecule has 0 aliphatic carbocycles. The zero-order valence-corrected chi connectivity index (χ0v) is 16.7. The van der Waals surface area contributed by atoms with Crippen molar-refractivity contribution in [3.8, 4) is 11.5 Å². The molecule has 0 aliphatic rings. The van der Waals surface area contributed by atoms with Crippen LogP contribution in [0.4, 0.5) is 0 Å². The van der Waals surface area contributed by atoms with E-state index in [0.717, 1.165) is 10.1 Å². The maximum atomic E-state index is 12.7. The molecule has 0 N–H and O–H groups in total. The van der Waals surface area contributed by atoms with E-state index < -0.39 is 10.0 Å². The molecule has 0 unspecified atom stereocenters. The predicted octanol–water partition coefficient (Wildman–Crippen LogP) is 2.10. The van der Waals surface area contributed by atoms with Crippen molar-refractivity contribution in [2.75, 3.05) is 41.4 Å². The van der Waals surface area contributed by atoms with Crippen LogP contribution in [0.2, 0.25) is 0 Å². The molecule has 2 aromatic rings. The lowest BCUT2D eigenvalue weighted by Gasteiger charge is -2.19. The van der Waals surface area contributed by atoms with Crippen LogP contribution in [0.15, 0.2) is 53.4 Å². The summed E-state index contributed by atoms with van der Waals surface area (Å²) in [4.78, 5) is 14.1. The highest BCUT2D eigenvalue weighted by molar-refractivity contribution is 7.89. The minimum absolute atomic E-state index is 0.0465. The van der Waals surface area contributed by atoms with Gasteiger partial charge in [0.1, 0.15) is 23.0 Å². The van der Waals surface area contributed by atoms with Crippen LogP contribution >= 0.6 is 0 Å². The van der Waals surface area contributed by atoms with E-state index >= 15 is 0 Å². The predicted molar refractivity (Wildman–Crippen MR) is 103 cm³/mol. The van der Waals surface area contributed by atoms with Gasteiger partial charge in [-0.05, 0) is 30.3 Å². The highest BCUT2D eigenvalue weighted by atomic mass is 32.2. The van der Waals surface area contributed by atoms with E-state index in [9.17, 15) is 13.2 Å². The van der Waals surface area contributed by atoms with E-state index in [1.807, 2.05) is 30.3 Å². The molecule has 7 nitrogen and oxygen atoms in total. The summed E-state index contributed by atoms with van der Waals surface area (Å²) >= 11 is 0. The number of ether oxygens (including phenoxy) is 2. The Hall–Kier alpha value is -2.58. The van der Waals surface area contributed by atoms with Crippen LogP contribution in [0.25, 0.3) is 0 Å². The molecule has 8 heteroatoms. The van der Waals surface area contributed by atoms with Gasteiger partial charge in [-0.3, -0.25) is 4.79 Å². The van der Waals surface area contributed by atoms with Crippen molar-refractivity contribution in [2.45, 2.75) is 4.90 Å². The Morgan fingerprint density at radius 2 is 1.70 bits per heavy atom. The van der Waals surface area contributed by atoms with Crippen LogP contribution in [0.3, 0.4) is 0 Å². The van der Waals surface area contributed by atoms with Crippen LogP contribution in [-0.2, 0) is 10.0 Å². The first-order valence-electron chi connectivity index (χ1n) is 8.31. The molecule has 0 saturated heterocycles. The number of sulfonamides is 1. The number of hydrogen-bond donors (Lipinski definition) is 0. The molecule has 0 heterocycles. The SMILES string of the molecule is COc1ccc(C(=O)N(C)CCOc2ccccc2)cc1S(=O)(=O)N(C)C. The molecule has 0 saturated carbocycles. The van der Waals surface area contributed by atoms with Gasteiger partial charge in [0.05, 0.1) is 13.7 Å². The summed E-state index contributed by atoms with van der Waals surface area (Å²) in [6, 6.07) is 13.7. The smallest absolute Gasteiger partial charge is 0.253 e. The topological polar surface area (TPSA) is 76.1 Å². The van der Waals surface area contributed by atoms with Gasteiger partial charge in [0.15, 0.2) is 0 Å². The first-order valence-corrected chi connectivity index (χ1v) is 9.75. The molecule has 0 aliphatic heterocycles. The van der Waals surface area contributed by atoms with E-state index in [2.05, 4.69) is 0 Å². The fourth-order valence-electron chi connectivity index (χ4n) is 2.35. The molecular weight excluding hydrogens is 368 g/mol. The average Bonchev–Trinajstić information content (AvgIpc) is 2.67. The minimum atomic E-state index is -3.74. The Bertz CT molecular complexity index is 882. The highest BCUT2D eigenvalue weighted by Gasteiger charge is 2.24. The molecule has 2 aromatic carbocycles. The van der Waals surface area contributed by atoms with E-state index in [-0.39, 0.29) is 22.1 Å². The third-order valence-corrected chi connectivity index (χ3v) is 5.79. The summed E-state index contributed by atoms with van der Waals surface area (Å²) in [6.07, 6.45) is 0. The molecule has 0 atom stereocenters. The fraction of sp³-hybridized carbons (Fsp3) is 0.316. The van der Waals surface area contributed by atoms with Gasteiger partial charge in [0.25, 0.3) is 5.91 Å². The Morgan fingerprint density at radius 3 is 2.30 bits per heavy atom. The quantitative estimate of drug-likeness (QED) is 0.688. The average molecular weight is 392 g/mol. The number of carbonyl (C=O) groups excluding carboxylic acids is 1. The van der Waals surface area contributed by atoms with Crippen LogP contribution < -0.4 is 9.47 Å². The van der Waals surface area contributed by atoms with Crippen molar-refractivity contribution in [1.29, 1.82) is 0 Å². The third kappa shape index (κ3) is 4.99. The monoisotopic (exact) mass is 392 g/mol. The lowest BCUT2D eigenvalue weighted by atomic mass is 10.2. The number of para-hydroxylation sites is 1. The van der Waals surface area contributed by atoms with Gasteiger partial charge in [-0.1, -0.05) is 18.2 Å². The standard InChI is InChI=1S/C19H24N2O5S/c1-20(2)27(23,24)18-14-15(10-11-17(18)25-4)19(22)21(3)12-13-26-16-8-6-5-7-9-16/h5-11,14H,12-13H2,1-4H3. The molecule has 27 heavy (non-hydrogen) atoms. The molecule has 1 amide bonds. The van der Waals surface area contributed by atoms with Gasteiger partial charge in [0.2, 0.25) is 10.0 Å². The molecule has 0 radical (unpaired) electrons. The van der Waals surface area contributed by atoms with E-state index in [0.29, 0.717) is 13.2 Å². The van der Waals surface area contributed by atoms with Crippen LogP contribution in [0.5, 0.6) is 11.5 Å². The normalized spacial score (nSPS) is 11.3. The fourth-order valence-corrected chi connectivity index (χ4v) is 3.42. The maximum absolute atomic E-state index is 12.7. The van der Waals surface area contributed by atoms with Crippen LogP contribution in [0, 0.1) is 0 Å². The first kappa shape index (κ1) is 20.7. The number of likely N-dealkylation sites (N-methyl/N-ethyl adjacent to an activating group) is 1. The van der Waals surface area contributed by atoms with E-state index in [1.54, 1.807) is 13.1 Å². The lowest BCUT2D eigenvalue weighted by Crippen LogP contribution is -2.31. The largest absolute Gasteiger partial charge is 0.495 e. The number of carbonyl (C=O) groups is 1. The summed E-state index contributed by atoms with van der Waals surface area (Å²) < 4.78 is 36.8. The number of amides is 1. The van der Waals surface area contributed by atoms with E-state index in [1.165, 1.54) is 38.2 Å². The first-order chi connectivity index (χ1) is 12.8. The number of nitrogens with zero attached hydrogens (tertiary/aromatic N) is 2. The van der Waals surface area contributed by atoms with Crippen molar-refractivity contribution in [3.05, 3.63) is 54.1 Å². The summed E-state index contributed by atoms with van der Waals surface area (Å²) in [7, 11) is 2.14. The van der Waals surface area contributed by atoms with Crippen molar-refractivity contribution < 1.29 is 22.7 Å². The Balaban J connectivity index is 2.13. The maximum Gasteiger partial charge on any atom is 0.253 e. The molecule has 0 aromatic heterocycles. The second-order valence-electron chi connectivity index (χ2n) is 6.04. The highest BCUT2D eigenvalue weighted by Crippen LogP contribution is 2.27. The summed E-state index contributed by atoms with van der Waals surface area (Å²) in [5, 5.41) is 0. The van der Waals surface area contributed by atoms with Crippen molar-refractivity contribution >= 4 is 15.9 Å². The summed E-state index contributed by atoms with van der Waals surface area (Å²) in [5.74, 6) is 0.613. The van der Waals surface area contributed by atoms with Gasteiger partial charge in [-0.2, -0.15) is 0 Å². The number of rotatable bonds is 8. The second-order valence-corrected chi connectivity index (χ2v) is 8.16. The van der Waals surface area contributed by atoms with Gasteiger partial charge in [-0.15, -0.1) is 0 Å². The van der Waals surface area contributed by atoms with Gasteiger partial charge < -0.3 is 14.4 Å².